The summed E-state index contributed by atoms with van der Waals surface area (Å²) in [6, 6.07) is 10.4. The van der Waals surface area contributed by atoms with E-state index in [4.69, 9.17) is 5.73 Å². The molecule has 0 unspecified atom stereocenters. The number of rotatable bonds is 3. The number of fused-ring (bicyclic) bond motifs is 1. The molecule has 3 rings (SSSR count). The van der Waals surface area contributed by atoms with Gasteiger partial charge in [0.2, 0.25) is 0 Å². The van der Waals surface area contributed by atoms with E-state index in [1.54, 1.807) is 11.3 Å². The zero-order chi connectivity index (χ0) is 12.5. The minimum Gasteiger partial charge on any atom is -0.326 e. The molecular formula is C14H15N3S. The van der Waals surface area contributed by atoms with Gasteiger partial charge in [-0.2, -0.15) is 0 Å². The maximum absolute atomic E-state index is 5.64. The Kier molecular flexibility index (Phi) is 2.89. The van der Waals surface area contributed by atoms with E-state index in [1.807, 2.05) is 6.07 Å². The summed E-state index contributed by atoms with van der Waals surface area (Å²) in [5.74, 6) is 1.05. The first-order valence-electron chi connectivity index (χ1n) is 5.96. The van der Waals surface area contributed by atoms with Crippen molar-refractivity contribution in [2.75, 3.05) is 0 Å². The van der Waals surface area contributed by atoms with Crippen LogP contribution in [0, 0.1) is 6.92 Å². The van der Waals surface area contributed by atoms with Gasteiger partial charge in [0, 0.05) is 11.4 Å². The number of hydrogen-bond donors (Lipinski definition) is 1. The Hall–Kier alpha value is -1.65. The van der Waals surface area contributed by atoms with E-state index < -0.39 is 0 Å². The lowest BCUT2D eigenvalue weighted by atomic mass is 10.3. The molecule has 0 fully saturated rings. The standard InChI is InChI=1S/C14H15N3S/c1-10-16-13-4-2-3-5-14(13)17(10)8-12-6-11(7-15)9-18-12/h2-6,9H,7-8,15H2,1H3. The fraction of sp³-hybridized carbons (Fsp3) is 0.214. The molecule has 0 saturated heterocycles. The van der Waals surface area contributed by atoms with Crippen molar-refractivity contribution in [2.24, 2.45) is 5.73 Å². The van der Waals surface area contributed by atoms with Crippen molar-refractivity contribution < 1.29 is 0 Å². The van der Waals surface area contributed by atoms with Gasteiger partial charge in [-0.25, -0.2) is 4.98 Å². The Balaban J connectivity index is 2.01. The highest BCUT2D eigenvalue weighted by molar-refractivity contribution is 7.10. The van der Waals surface area contributed by atoms with Gasteiger partial charge in [-0.3, -0.25) is 0 Å². The van der Waals surface area contributed by atoms with Crippen LogP contribution in [0.15, 0.2) is 35.7 Å². The van der Waals surface area contributed by atoms with E-state index in [-0.39, 0.29) is 0 Å². The molecule has 92 valence electrons. The van der Waals surface area contributed by atoms with Crippen LogP contribution in [0.3, 0.4) is 0 Å². The highest BCUT2D eigenvalue weighted by atomic mass is 32.1. The number of nitrogens with zero attached hydrogens (tertiary/aromatic N) is 2. The van der Waals surface area contributed by atoms with Crippen molar-refractivity contribution in [1.82, 2.24) is 9.55 Å². The predicted octanol–water partition coefficient (Wildman–Crippen LogP) is 2.91. The highest BCUT2D eigenvalue weighted by Gasteiger charge is 2.08. The van der Waals surface area contributed by atoms with Crippen molar-refractivity contribution in [3.63, 3.8) is 0 Å². The Morgan fingerprint density at radius 2 is 2.17 bits per heavy atom. The minimum atomic E-state index is 0.611. The molecule has 1 aromatic carbocycles. The number of thiophene rings is 1. The number of para-hydroxylation sites is 2. The van der Waals surface area contributed by atoms with Gasteiger partial charge in [-0.05, 0) is 36.1 Å². The van der Waals surface area contributed by atoms with Crippen LogP contribution < -0.4 is 5.73 Å². The van der Waals surface area contributed by atoms with Gasteiger partial charge >= 0.3 is 0 Å². The second kappa shape index (κ2) is 4.55. The molecule has 0 aliphatic carbocycles. The van der Waals surface area contributed by atoms with E-state index in [0.29, 0.717) is 6.54 Å². The first kappa shape index (κ1) is 11.4. The normalized spacial score (nSPS) is 11.2. The molecule has 0 spiro atoms. The van der Waals surface area contributed by atoms with Crippen molar-refractivity contribution in [1.29, 1.82) is 0 Å². The number of aromatic nitrogens is 2. The van der Waals surface area contributed by atoms with E-state index >= 15 is 0 Å². The summed E-state index contributed by atoms with van der Waals surface area (Å²) < 4.78 is 2.25. The molecule has 0 atom stereocenters. The van der Waals surface area contributed by atoms with Crippen molar-refractivity contribution in [3.05, 3.63) is 52.0 Å². The summed E-state index contributed by atoms with van der Waals surface area (Å²) in [4.78, 5) is 5.90. The predicted molar refractivity (Wildman–Crippen MR) is 75.8 cm³/mol. The molecule has 3 aromatic rings. The SMILES string of the molecule is Cc1nc2ccccc2n1Cc1cc(CN)cs1. The fourth-order valence-corrected chi connectivity index (χ4v) is 3.06. The maximum atomic E-state index is 5.64. The van der Waals surface area contributed by atoms with Crippen LogP contribution in [-0.4, -0.2) is 9.55 Å². The molecule has 0 saturated carbocycles. The first-order chi connectivity index (χ1) is 8.78. The van der Waals surface area contributed by atoms with Crippen molar-refractivity contribution >= 4 is 22.4 Å². The smallest absolute Gasteiger partial charge is 0.107 e. The highest BCUT2D eigenvalue weighted by Crippen LogP contribution is 2.20. The van der Waals surface area contributed by atoms with Gasteiger partial charge in [0.05, 0.1) is 17.6 Å². The average molecular weight is 257 g/mol. The van der Waals surface area contributed by atoms with Crippen molar-refractivity contribution in [3.8, 4) is 0 Å². The fourth-order valence-electron chi connectivity index (χ4n) is 2.17. The summed E-state index contributed by atoms with van der Waals surface area (Å²) in [5.41, 5.74) is 9.10. The van der Waals surface area contributed by atoms with Crippen LogP contribution in [0.4, 0.5) is 0 Å². The van der Waals surface area contributed by atoms with Gasteiger partial charge in [0.25, 0.3) is 0 Å². The number of imidazole rings is 1. The van der Waals surface area contributed by atoms with Crippen LogP contribution in [0.1, 0.15) is 16.3 Å². The lowest BCUT2D eigenvalue weighted by Gasteiger charge is -2.04. The molecule has 0 bridgehead atoms. The third-order valence-corrected chi connectivity index (χ3v) is 4.07. The third kappa shape index (κ3) is 1.94. The molecule has 3 nitrogen and oxygen atoms in total. The molecule has 18 heavy (non-hydrogen) atoms. The molecule has 2 heterocycles. The van der Waals surface area contributed by atoms with Gasteiger partial charge in [-0.15, -0.1) is 11.3 Å². The Morgan fingerprint density at radius 1 is 1.33 bits per heavy atom. The van der Waals surface area contributed by atoms with E-state index in [1.165, 1.54) is 16.0 Å². The Bertz CT molecular complexity index is 681. The third-order valence-electron chi connectivity index (χ3n) is 3.10. The summed E-state index contributed by atoms with van der Waals surface area (Å²) in [5, 5.41) is 2.13. The second-order valence-corrected chi connectivity index (χ2v) is 5.36. The van der Waals surface area contributed by atoms with Crippen LogP contribution in [0.25, 0.3) is 11.0 Å². The largest absolute Gasteiger partial charge is 0.326 e. The second-order valence-electron chi connectivity index (χ2n) is 4.36. The minimum absolute atomic E-state index is 0.611. The summed E-state index contributed by atoms with van der Waals surface area (Å²) in [6.45, 7) is 3.54. The topological polar surface area (TPSA) is 43.8 Å². The van der Waals surface area contributed by atoms with Crippen LogP contribution in [0.5, 0.6) is 0 Å². The number of aryl methyl sites for hydroxylation is 1. The summed E-state index contributed by atoms with van der Waals surface area (Å²) in [6.07, 6.45) is 0. The molecular weight excluding hydrogens is 242 g/mol. The zero-order valence-corrected chi connectivity index (χ0v) is 11.1. The monoisotopic (exact) mass is 257 g/mol. The molecule has 2 aromatic heterocycles. The van der Waals surface area contributed by atoms with Gasteiger partial charge in [-0.1, -0.05) is 12.1 Å². The number of nitrogens with two attached hydrogens (primary N) is 1. The molecule has 4 heteroatoms. The van der Waals surface area contributed by atoms with Gasteiger partial charge < -0.3 is 10.3 Å². The van der Waals surface area contributed by atoms with Crippen LogP contribution in [-0.2, 0) is 13.1 Å². The van der Waals surface area contributed by atoms with Crippen molar-refractivity contribution in [2.45, 2.75) is 20.0 Å². The molecule has 0 amide bonds. The average Bonchev–Trinajstić information content (AvgIpc) is 2.96. The molecule has 2 N–H and O–H groups in total. The number of benzene rings is 1. The van der Waals surface area contributed by atoms with Crippen LogP contribution >= 0.6 is 11.3 Å². The Labute approximate surface area is 110 Å². The Morgan fingerprint density at radius 3 is 2.94 bits per heavy atom. The quantitative estimate of drug-likeness (QED) is 0.784. The van der Waals surface area contributed by atoms with E-state index in [9.17, 15) is 0 Å². The van der Waals surface area contributed by atoms with Gasteiger partial charge in [0.1, 0.15) is 5.82 Å². The maximum Gasteiger partial charge on any atom is 0.107 e. The lowest BCUT2D eigenvalue weighted by molar-refractivity contribution is 0.796. The lowest BCUT2D eigenvalue weighted by Crippen LogP contribution is -2.00. The first-order valence-corrected chi connectivity index (χ1v) is 6.84. The molecule has 0 aliphatic heterocycles. The van der Waals surface area contributed by atoms with E-state index in [0.717, 1.165) is 17.9 Å². The molecule has 0 radical (unpaired) electrons. The van der Waals surface area contributed by atoms with E-state index in [2.05, 4.69) is 46.1 Å². The molecule has 0 aliphatic rings. The summed E-state index contributed by atoms with van der Waals surface area (Å²) >= 11 is 1.76. The number of hydrogen-bond acceptors (Lipinski definition) is 3. The summed E-state index contributed by atoms with van der Waals surface area (Å²) in [7, 11) is 0. The zero-order valence-electron chi connectivity index (χ0n) is 10.3. The van der Waals surface area contributed by atoms with Gasteiger partial charge in [0.15, 0.2) is 0 Å². The van der Waals surface area contributed by atoms with Crippen LogP contribution in [0.2, 0.25) is 0 Å².